The predicted molar refractivity (Wildman–Crippen MR) is 115 cm³/mol. The molecule has 0 radical (unpaired) electrons. The maximum absolute atomic E-state index is 13.9. The molecule has 0 spiro atoms. The normalized spacial score (nSPS) is 25.5. The largest absolute Gasteiger partial charge is 0.416 e. The molecule has 3 aliphatic rings. The number of carbonyl (C=O) groups is 2. The van der Waals surface area contributed by atoms with Crippen LogP contribution in [0.5, 0.6) is 0 Å². The van der Waals surface area contributed by atoms with Gasteiger partial charge in [0.15, 0.2) is 0 Å². The van der Waals surface area contributed by atoms with E-state index >= 15 is 0 Å². The highest BCUT2D eigenvalue weighted by Crippen LogP contribution is 2.36. The Balaban J connectivity index is 1.56. The van der Waals surface area contributed by atoms with E-state index in [0.29, 0.717) is 44.1 Å². The number of rotatable bonds is 4. The van der Waals surface area contributed by atoms with Crippen LogP contribution in [0.1, 0.15) is 56.6 Å². The minimum absolute atomic E-state index is 0.0550. The van der Waals surface area contributed by atoms with Gasteiger partial charge in [-0.05, 0) is 49.8 Å². The van der Waals surface area contributed by atoms with E-state index in [0.717, 1.165) is 31.6 Å². The molecular formula is C24H32F3N3O2. The van der Waals surface area contributed by atoms with Crippen molar-refractivity contribution < 1.29 is 22.8 Å². The topological polar surface area (TPSA) is 43.9 Å². The lowest BCUT2D eigenvalue weighted by Gasteiger charge is -2.41. The maximum atomic E-state index is 13.9. The van der Waals surface area contributed by atoms with E-state index in [1.165, 1.54) is 38.3 Å². The molecular weight excluding hydrogens is 419 g/mol. The van der Waals surface area contributed by atoms with Crippen molar-refractivity contribution in [3.8, 4) is 0 Å². The average molecular weight is 452 g/mol. The number of hydrogen-bond donors (Lipinski definition) is 0. The lowest BCUT2D eigenvalue weighted by molar-refractivity contribution is -0.150. The van der Waals surface area contributed by atoms with Crippen LogP contribution in [0.3, 0.4) is 0 Å². The van der Waals surface area contributed by atoms with Crippen LogP contribution in [0.2, 0.25) is 0 Å². The average Bonchev–Trinajstić information content (AvgIpc) is 2.98. The van der Waals surface area contributed by atoms with E-state index in [1.807, 2.05) is 4.90 Å². The Morgan fingerprint density at radius 3 is 2.28 bits per heavy atom. The van der Waals surface area contributed by atoms with Gasteiger partial charge >= 0.3 is 6.18 Å². The van der Waals surface area contributed by atoms with Gasteiger partial charge in [-0.25, -0.2) is 0 Å². The molecule has 176 valence electrons. The van der Waals surface area contributed by atoms with Gasteiger partial charge in [0.05, 0.1) is 5.56 Å². The molecule has 5 nitrogen and oxygen atoms in total. The standard InChI is InChI=1S/C24H32F3N3O2/c1-18(31)30-14-3-11-23(30,17-19-7-9-20(10-8-19)24(25,26)27)22(32)29-13-4-12-28(15-16-29)21-5-2-6-21/h7-10,21H,2-6,11-17H2,1H3. The Hall–Kier alpha value is -2.09. The number of halogens is 3. The summed E-state index contributed by atoms with van der Waals surface area (Å²) in [6.45, 7) is 5.09. The number of likely N-dealkylation sites (tertiary alicyclic amines) is 1. The zero-order valence-corrected chi connectivity index (χ0v) is 18.7. The first-order valence-corrected chi connectivity index (χ1v) is 11.7. The van der Waals surface area contributed by atoms with E-state index in [9.17, 15) is 22.8 Å². The van der Waals surface area contributed by atoms with Crippen molar-refractivity contribution in [1.29, 1.82) is 0 Å². The third kappa shape index (κ3) is 4.51. The molecule has 0 N–H and O–H groups in total. The van der Waals surface area contributed by atoms with Crippen molar-refractivity contribution in [2.24, 2.45) is 0 Å². The molecule has 1 aromatic carbocycles. The van der Waals surface area contributed by atoms with E-state index in [2.05, 4.69) is 4.90 Å². The molecule has 2 heterocycles. The molecule has 2 amide bonds. The minimum Gasteiger partial charge on any atom is -0.339 e. The summed E-state index contributed by atoms with van der Waals surface area (Å²) in [5.41, 5.74) is -1.08. The van der Waals surface area contributed by atoms with Crippen LogP contribution in [0.25, 0.3) is 0 Å². The Morgan fingerprint density at radius 1 is 0.969 bits per heavy atom. The SMILES string of the molecule is CC(=O)N1CCCC1(Cc1ccc(C(F)(F)F)cc1)C(=O)N1CCCN(C2CCC2)CC1. The zero-order chi connectivity index (χ0) is 22.9. The summed E-state index contributed by atoms with van der Waals surface area (Å²) in [4.78, 5) is 32.4. The first kappa shape index (κ1) is 23.1. The van der Waals surface area contributed by atoms with E-state index in [1.54, 1.807) is 4.90 Å². The highest BCUT2D eigenvalue weighted by Gasteiger charge is 2.50. The summed E-state index contributed by atoms with van der Waals surface area (Å²) in [6, 6.07) is 5.63. The predicted octanol–water partition coefficient (Wildman–Crippen LogP) is 3.72. The molecule has 1 aliphatic carbocycles. The highest BCUT2D eigenvalue weighted by molar-refractivity contribution is 5.92. The summed E-state index contributed by atoms with van der Waals surface area (Å²) in [7, 11) is 0. The second kappa shape index (κ2) is 9.04. The third-order valence-electron chi connectivity index (χ3n) is 7.45. The lowest BCUT2D eigenvalue weighted by Crippen LogP contribution is -2.59. The molecule has 3 fully saturated rings. The molecule has 2 saturated heterocycles. The van der Waals surface area contributed by atoms with Crippen LogP contribution in [-0.4, -0.2) is 70.8 Å². The van der Waals surface area contributed by atoms with Crippen LogP contribution in [0.4, 0.5) is 13.2 Å². The molecule has 0 aromatic heterocycles. The monoisotopic (exact) mass is 451 g/mol. The van der Waals surface area contributed by atoms with E-state index < -0.39 is 17.3 Å². The Kier molecular flexibility index (Phi) is 6.52. The minimum atomic E-state index is -4.40. The first-order chi connectivity index (χ1) is 15.2. The van der Waals surface area contributed by atoms with Crippen molar-refractivity contribution in [1.82, 2.24) is 14.7 Å². The summed E-state index contributed by atoms with van der Waals surface area (Å²) >= 11 is 0. The van der Waals surface area contributed by atoms with E-state index in [-0.39, 0.29) is 18.2 Å². The number of hydrogen-bond acceptors (Lipinski definition) is 3. The van der Waals surface area contributed by atoms with Crippen molar-refractivity contribution in [2.75, 3.05) is 32.7 Å². The fourth-order valence-electron chi connectivity index (χ4n) is 5.52. The van der Waals surface area contributed by atoms with E-state index in [4.69, 9.17) is 0 Å². The van der Waals surface area contributed by atoms with Crippen LogP contribution in [-0.2, 0) is 22.2 Å². The summed E-state index contributed by atoms with van der Waals surface area (Å²) in [6.07, 6.45) is 1.72. The second-order valence-electron chi connectivity index (χ2n) is 9.44. The molecule has 1 atom stereocenters. The van der Waals surface area contributed by atoms with Gasteiger partial charge in [0.25, 0.3) is 0 Å². The maximum Gasteiger partial charge on any atom is 0.416 e. The van der Waals surface area contributed by atoms with Crippen LogP contribution >= 0.6 is 0 Å². The third-order valence-corrected chi connectivity index (χ3v) is 7.45. The van der Waals surface area contributed by atoms with Crippen LogP contribution < -0.4 is 0 Å². The van der Waals surface area contributed by atoms with Gasteiger partial charge in [-0.2, -0.15) is 13.2 Å². The first-order valence-electron chi connectivity index (χ1n) is 11.7. The van der Waals surface area contributed by atoms with Gasteiger partial charge in [-0.1, -0.05) is 18.6 Å². The fraction of sp³-hybridized carbons (Fsp3) is 0.667. The van der Waals surface area contributed by atoms with Crippen molar-refractivity contribution >= 4 is 11.8 Å². The van der Waals surface area contributed by atoms with Gasteiger partial charge in [0.2, 0.25) is 11.8 Å². The van der Waals surface area contributed by atoms with Gasteiger partial charge in [-0.3, -0.25) is 14.5 Å². The Labute approximate surface area is 187 Å². The molecule has 1 unspecified atom stereocenters. The summed E-state index contributed by atoms with van der Waals surface area (Å²) < 4.78 is 38.9. The molecule has 1 aromatic rings. The number of benzene rings is 1. The lowest BCUT2D eigenvalue weighted by atomic mass is 9.86. The Bertz CT molecular complexity index is 838. The molecule has 0 bridgehead atoms. The van der Waals surface area contributed by atoms with Gasteiger partial charge < -0.3 is 9.80 Å². The molecule has 8 heteroatoms. The number of amides is 2. The smallest absolute Gasteiger partial charge is 0.339 e. The number of nitrogens with zero attached hydrogens (tertiary/aromatic N) is 3. The van der Waals surface area contributed by atoms with Crippen molar-refractivity contribution in [3.05, 3.63) is 35.4 Å². The molecule has 1 saturated carbocycles. The van der Waals surface area contributed by atoms with Gasteiger partial charge in [-0.15, -0.1) is 0 Å². The molecule has 4 rings (SSSR count). The number of carbonyl (C=O) groups excluding carboxylic acids is 2. The number of alkyl halides is 3. The quantitative estimate of drug-likeness (QED) is 0.701. The van der Waals surface area contributed by atoms with Crippen molar-refractivity contribution in [3.63, 3.8) is 0 Å². The summed E-state index contributed by atoms with van der Waals surface area (Å²) in [5, 5.41) is 0. The highest BCUT2D eigenvalue weighted by atomic mass is 19.4. The van der Waals surface area contributed by atoms with Crippen LogP contribution in [0, 0.1) is 0 Å². The fourth-order valence-corrected chi connectivity index (χ4v) is 5.52. The van der Waals surface area contributed by atoms with Crippen molar-refractivity contribution in [2.45, 2.75) is 69.6 Å². The summed E-state index contributed by atoms with van der Waals surface area (Å²) in [5.74, 6) is -0.214. The van der Waals surface area contributed by atoms with Gasteiger partial charge in [0, 0.05) is 52.1 Å². The second-order valence-corrected chi connectivity index (χ2v) is 9.44. The molecule has 32 heavy (non-hydrogen) atoms. The molecule has 2 aliphatic heterocycles. The van der Waals surface area contributed by atoms with Gasteiger partial charge in [0.1, 0.15) is 5.54 Å². The van der Waals surface area contributed by atoms with Crippen LogP contribution in [0.15, 0.2) is 24.3 Å². The zero-order valence-electron chi connectivity index (χ0n) is 18.7. The Morgan fingerprint density at radius 2 is 1.69 bits per heavy atom.